The zero-order chi connectivity index (χ0) is 25.5. The van der Waals surface area contributed by atoms with Crippen LogP contribution in [-0.2, 0) is 4.74 Å². The molecule has 0 saturated carbocycles. The first kappa shape index (κ1) is 22.9. The summed E-state index contributed by atoms with van der Waals surface area (Å²) in [6.07, 6.45) is 1.54. The van der Waals surface area contributed by atoms with Crippen LogP contribution in [0.15, 0.2) is 53.6 Å². The molecule has 4 heterocycles. The number of imidazole rings is 1. The molecule has 0 spiro atoms. The number of benzene rings is 2. The maximum absolute atomic E-state index is 14.0. The van der Waals surface area contributed by atoms with Gasteiger partial charge in [0.2, 0.25) is 5.95 Å². The number of fused-ring (bicyclic) bond motifs is 2. The van der Waals surface area contributed by atoms with E-state index in [2.05, 4.69) is 36.2 Å². The molecular weight excluding hydrogens is 470 g/mol. The molecule has 1 atom stereocenters. The van der Waals surface area contributed by atoms with Gasteiger partial charge in [-0.3, -0.25) is 9.36 Å². The molecule has 37 heavy (non-hydrogen) atoms. The molecule has 3 aromatic heterocycles. The van der Waals surface area contributed by atoms with Gasteiger partial charge in [0.05, 0.1) is 42.2 Å². The number of anilines is 3. The molecule has 0 amide bonds. The van der Waals surface area contributed by atoms with E-state index in [1.807, 2.05) is 50.2 Å². The molecule has 188 valence electrons. The fourth-order valence-corrected chi connectivity index (χ4v) is 4.83. The van der Waals surface area contributed by atoms with E-state index in [0.29, 0.717) is 46.9 Å². The zero-order valence-electron chi connectivity index (χ0n) is 20.6. The number of rotatable bonds is 5. The molecule has 0 aliphatic carbocycles. The summed E-state index contributed by atoms with van der Waals surface area (Å²) in [6.45, 7) is 6.81. The van der Waals surface area contributed by atoms with Crippen molar-refractivity contribution in [1.82, 2.24) is 29.5 Å². The van der Waals surface area contributed by atoms with Crippen molar-refractivity contribution in [2.45, 2.75) is 19.9 Å². The summed E-state index contributed by atoms with van der Waals surface area (Å²) < 4.78 is 7.20. The molecule has 1 aliphatic rings. The second-order valence-corrected chi connectivity index (χ2v) is 9.10. The maximum atomic E-state index is 14.0. The predicted molar refractivity (Wildman–Crippen MR) is 143 cm³/mol. The first-order valence-corrected chi connectivity index (χ1v) is 12.2. The highest BCUT2D eigenvalue weighted by atomic mass is 16.5. The molecule has 11 nitrogen and oxygen atoms in total. The van der Waals surface area contributed by atoms with Crippen molar-refractivity contribution in [3.05, 3.63) is 70.5 Å². The largest absolute Gasteiger partial charge is 0.378 e. The van der Waals surface area contributed by atoms with Gasteiger partial charge in [-0.25, -0.2) is 9.97 Å². The number of nitrogens with zero attached hydrogens (tertiary/aromatic N) is 6. The average Bonchev–Trinajstić information content (AvgIpc) is 3.38. The van der Waals surface area contributed by atoms with Crippen molar-refractivity contribution >= 4 is 39.5 Å². The van der Waals surface area contributed by atoms with Crippen LogP contribution in [0.4, 0.5) is 17.5 Å². The summed E-state index contributed by atoms with van der Waals surface area (Å²) in [7, 11) is 0. The molecule has 1 aliphatic heterocycles. The number of hydrogen-bond acceptors (Lipinski definition) is 9. The summed E-state index contributed by atoms with van der Waals surface area (Å²) in [5, 5.41) is 3.95. The Hall–Kier alpha value is -4.51. The van der Waals surface area contributed by atoms with E-state index in [9.17, 15) is 4.79 Å². The Morgan fingerprint density at radius 1 is 1.08 bits per heavy atom. The van der Waals surface area contributed by atoms with Gasteiger partial charge in [-0.15, -0.1) is 0 Å². The minimum Gasteiger partial charge on any atom is -0.378 e. The summed E-state index contributed by atoms with van der Waals surface area (Å²) in [4.78, 5) is 37.1. The van der Waals surface area contributed by atoms with Crippen molar-refractivity contribution in [2.24, 2.45) is 0 Å². The van der Waals surface area contributed by atoms with E-state index in [4.69, 9.17) is 15.5 Å². The third kappa shape index (κ3) is 4.12. The average molecular weight is 498 g/mol. The number of hydrogen-bond donors (Lipinski definition) is 3. The Balaban J connectivity index is 1.51. The molecule has 2 aromatic carbocycles. The summed E-state index contributed by atoms with van der Waals surface area (Å²) in [6, 6.07) is 13.3. The summed E-state index contributed by atoms with van der Waals surface area (Å²) >= 11 is 0. The minimum atomic E-state index is -0.418. The normalized spacial score (nSPS) is 14.8. The van der Waals surface area contributed by atoms with Gasteiger partial charge in [-0.2, -0.15) is 9.97 Å². The Morgan fingerprint density at radius 3 is 2.70 bits per heavy atom. The molecular formula is C26H27N9O2. The fraction of sp³-hybridized carbons (Fsp3) is 0.269. The van der Waals surface area contributed by atoms with E-state index >= 15 is 0 Å². The van der Waals surface area contributed by atoms with Crippen molar-refractivity contribution in [2.75, 3.05) is 42.3 Å². The van der Waals surface area contributed by atoms with Gasteiger partial charge in [-0.1, -0.05) is 18.2 Å². The number of nitrogens with one attached hydrogen (secondary N) is 2. The van der Waals surface area contributed by atoms with E-state index in [-0.39, 0.29) is 11.5 Å². The van der Waals surface area contributed by atoms with Crippen LogP contribution in [0.3, 0.4) is 0 Å². The molecule has 6 rings (SSSR count). The fourth-order valence-electron chi connectivity index (χ4n) is 4.83. The van der Waals surface area contributed by atoms with Crippen LogP contribution >= 0.6 is 0 Å². The maximum Gasteiger partial charge on any atom is 0.266 e. The number of nitrogen functional groups attached to an aromatic ring is 1. The molecule has 1 saturated heterocycles. The Labute approximate surface area is 212 Å². The van der Waals surface area contributed by atoms with Gasteiger partial charge in [0.15, 0.2) is 11.5 Å². The van der Waals surface area contributed by atoms with Gasteiger partial charge in [-0.05, 0) is 43.7 Å². The molecule has 0 bridgehead atoms. The SMILES string of the molecule is Cc1cccc2nc(C(C)Nc3nc(N)nc4[nH]cnc34)n(-c3cccc(N4CCOCC4)c3)c(=O)c12. The minimum absolute atomic E-state index is 0.115. The first-order valence-electron chi connectivity index (χ1n) is 12.2. The molecule has 0 radical (unpaired) electrons. The lowest BCUT2D eigenvalue weighted by Crippen LogP contribution is -2.36. The lowest BCUT2D eigenvalue weighted by atomic mass is 10.1. The second-order valence-electron chi connectivity index (χ2n) is 9.10. The zero-order valence-corrected chi connectivity index (χ0v) is 20.6. The molecule has 4 N–H and O–H groups in total. The van der Waals surface area contributed by atoms with Gasteiger partial charge < -0.3 is 25.7 Å². The third-order valence-electron chi connectivity index (χ3n) is 6.63. The van der Waals surface area contributed by atoms with E-state index in [1.54, 1.807) is 10.9 Å². The van der Waals surface area contributed by atoms with Crippen molar-refractivity contribution < 1.29 is 4.74 Å². The number of H-pyrrole nitrogens is 1. The smallest absolute Gasteiger partial charge is 0.266 e. The van der Waals surface area contributed by atoms with Gasteiger partial charge >= 0.3 is 0 Å². The lowest BCUT2D eigenvalue weighted by molar-refractivity contribution is 0.122. The summed E-state index contributed by atoms with van der Waals surface area (Å²) in [5.74, 6) is 1.12. The highest BCUT2D eigenvalue weighted by Gasteiger charge is 2.22. The van der Waals surface area contributed by atoms with Crippen LogP contribution in [0, 0.1) is 6.92 Å². The third-order valence-corrected chi connectivity index (χ3v) is 6.63. The number of aromatic amines is 1. The van der Waals surface area contributed by atoms with Gasteiger partial charge in [0.25, 0.3) is 5.56 Å². The Morgan fingerprint density at radius 2 is 1.86 bits per heavy atom. The quantitative estimate of drug-likeness (QED) is 0.334. The standard InChI is InChI=1S/C26H27N9O2/c1-15-5-3-8-19-20(15)25(36)35(18-7-4-6-17(13-18)34-9-11-37-12-10-34)24(31-19)16(2)30-23-21-22(29-14-28-21)32-26(27)33-23/h3-8,13-14,16H,9-12H2,1-2H3,(H4,27,28,29,30,32,33). The van der Waals surface area contributed by atoms with E-state index < -0.39 is 6.04 Å². The summed E-state index contributed by atoms with van der Waals surface area (Å²) in [5.41, 5.74) is 10.2. The van der Waals surface area contributed by atoms with Crippen LogP contribution in [0.1, 0.15) is 24.4 Å². The van der Waals surface area contributed by atoms with Crippen molar-refractivity contribution in [3.8, 4) is 5.69 Å². The number of nitrogens with two attached hydrogens (primary N) is 1. The van der Waals surface area contributed by atoms with Crippen LogP contribution in [0.5, 0.6) is 0 Å². The number of morpholine rings is 1. The monoisotopic (exact) mass is 497 g/mol. The van der Waals surface area contributed by atoms with E-state index in [1.165, 1.54) is 0 Å². The number of aryl methyl sites for hydroxylation is 1. The predicted octanol–water partition coefficient (Wildman–Crippen LogP) is 2.95. The highest BCUT2D eigenvalue weighted by molar-refractivity contribution is 5.84. The van der Waals surface area contributed by atoms with E-state index in [0.717, 1.165) is 30.0 Å². The molecule has 5 aromatic rings. The molecule has 11 heteroatoms. The second kappa shape index (κ2) is 9.17. The number of aromatic nitrogens is 6. The molecule has 1 fully saturated rings. The van der Waals surface area contributed by atoms with Crippen LogP contribution < -0.4 is 21.5 Å². The topological polar surface area (TPSA) is 140 Å². The van der Waals surface area contributed by atoms with Crippen LogP contribution in [-0.4, -0.2) is 55.8 Å². The van der Waals surface area contributed by atoms with Gasteiger partial charge in [0.1, 0.15) is 11.3 Å². The van der Waals surface area contributed by atoms with Crippen molar-refractivity contribution in [1.29, 1.82) is 0 Å². The van der Waals surface area contributed by atoms with Crippen LogP contribution in [0.25, 0.3) is 27.8 Å². The first-order chi connectivity index (χ1) is 18.0. The van der Waals surface area contributed by atoms with Gasteiger partial charge in [0, 0.05) is 18.8 Å². The van der Waals surface area contributed by atoms with Crippen molar-refractivity contribution in [3.63, 3.8) is 0 Å². The molecule has 1 unspecified atom stereocenters. The highest BCUT2D eigenvalue weighted by Crippen LogP contribution is 2.27. The number of ether oxygens (including phenoxy) is 1. The Kier molecular flexibility index (Phi) is 5.68. The Bertz CT molecular complexity index is 1670. The van der Waals surface area contributed by atoms with Crippen LogP contribution in [0.2, 0.25) is 0 Å². The lowest BCUT2D eigenvalue weighted by Gasteiger charge is -2.29.